The standard InChI is InChI=1S/C17H22N2O2/c1-12(20)10-15(14-6-4-3-5-7-14)11-19-17(21)16-8-9-18-13(16)2/h3-9,12,15,18,20H,10-11H2,1-2H3,(H,19,21). The number of carbonyl (C=O) groups excluding carboxylic acids is 1. The third-order valence-corrected chi connectivity index (χ3v) is 3.60. The molecule has 1 aromatic heterocycles. The summed E-state index contributed by atoms with van der Waals surface area (Å²) in [5.74, 6) is 0.0228. The number of aromatic amines is 1. The zero-order chi connectivity index (χ0) is 15.2. The van der Waals surface area contributed by atoms with Gasteiger partial charge in [0.2, 0.25) is 0 Å². The minimum absolute atomic E-state index is 0.0831. The highest BCUT2D eigenvalue weighted by Gasteiger charge is 2.16. The van der Waals surface area contributed by atoms with E-state index in [-0.39, 0.29) is 11.8 Å². The van der Waals surface area contributed by atoms with Crippen LogP contribution < -0.4 is 5.32 Å². The van der Waals surface area contributed by atoms with Crippen molar-refractivity contribution in [2.24, 2.45) is 0 Å². The van der Waals surface area contributed by atoms with Crippen molar-refractivity contribution in [3.8, 4) is 0 Å². The third-order valence-electron chi connectivity index (χ3n) is 3.60. The molecule has 21 heavy (non-hydrogen) atoms. The summed E-state index contributed by atoms with van der Waals surface area (Å²) in [7, 11) is 0. The molecule has 0 fully saturated rings. The molecule has 0 aliphatic rings. The van der Waals surface area contributed by atoms with Crippen molar-refractivity contribution >= 4 is 5.91 Å². The van der Waals surface area contributed by atoms with Gasteiger partial charge in [-0.1, -0.05) is 30.3 Å². The van der Waals surface area contributed by atoms with Gasteiger partial charge in [-0.2, -0.15) is 0 Å². The Hall–Kier alpha value is -2.07. The normalized spacial score (nSPS) is 13.7. The Labute approximate surface area is 125 Å². The minimum atomic E-state index is -0.402. The molecule has 0 saturated heterocycles. The van der Waals surface area contributed by atoms with Gasteiger partial charge in [-0.3, -0.25) is 4.79 Å². The number of benzene rings is 1. The largest absolute Gasteiger partial charge is 0.393 e. The molecule has 0 bridgehead atoms. The van der Waals surface area contributed by atoms with E-state index >= 15 is 0 Å². The number of hydrogen-bond acceptors (Lipinski definition) is 2. The van der Waals surface area contributed by atoms with Crippen molar-refractivity contribution in [2.45, 2.75) is 32.3 Å². The van der Waals surface area contributed by atoms with E-state index < -0.39 is 6.10 Å². The number of carbonyl (C=O) groups is 1. The van der Waals surface area contributed by atoms with Crippen LogP contribution in [0.5, 0.6) is 0 Å². The molecule has 2 unspecified atom stereocenters. The Balaban J connectivity index is 2.03. The molecular weight excluding hydrogens is 264 g/mol. The monoisotopic (exact) mass is 286 g/mol. The SMILES string of the molecule is Cc1[nH]ccc1C(=O)NCC(CC(C)O)c1ccccc1. The Morgan fingerprint density at radius 1 is 1.29 bits per heavy atom. The second-order valence-corrected chi connectivity index (χ2v) is 5.42. The van der Waals surface area contributed by atoms with Crippen LogP contribution in [0, 0.1) is 6.92 Å². The van der Waals surface area contributed by atoms with Crippen LogP contribution in [0.15, 0.2) is 42.6 Å². The summed E-state index contributed by atoms with van der Waals surface area (Å²) in [6.45, 7) is 4.16. The number of hydrogen-bond donors (Lipinski definition) is 3. The maximum absolute atomic E-state index is 12.2. The fourth-order valence-corrected chi connectivity index (χ4v) is 2.48. The number of aromatic nitrogens is 1. The third kappa shape index (κ3) is 4.20. The van der Waals surface area contributed by atoms with Crippen LogP contribution in [0.1, 0.15) is 40.9 Å². The van der Waals surface area contributed by atoms with Crippen LogP contribution in [-0.2, 0) is 0 Å². The second kappa shape index (κ2) is 7.09. The highest BCUT2D eigenvalue weighted by atomic mass is 16.3. The average Bonchev–Trinajstić information content (AvgIpc) is 2.90. The number of amides is 1. The van der Waals surface area contributed by atoms with Crippen molar-refractivity contribution in [3.63, 3.8) is 0 Å². The van der Waals surface area contributed by atoms with Gasteiger partial charge in [0, 0.05) is 24.4 Å². The highest BCUT2D eigenvalue weighted by molar-refractivity contribution is 5.95. The van der Waals surface area contributed by atoms with E-state index in [0.29, 0.717) is 18.5 Å². The zero-order valence-electron chi connectivity index (χ0n) is 12.5. The zero-order valence-corrected chi connectivity index (χ0v) is 12.5. The number of nitrogens with one attached hydrogen (secondary N) is 2. The van der Waals surface area contributed by atoms with Gasteiger partial charge in [-0.25, -0.2) is 0 Å². The summed E-state index contributed by atoms with van der Waals surface area (Å²) >= 11 is 0. The molecule has 4 nitrogen and oxygen atoms in total. The van der Waals surface area contributed by atoms with Crippen LogP contribution in [0.3, 0.4) is 0 Å². The highest BCUT2D eigenvalue weighted by Crippen LogP contribution is 2.20. The molecule has 1 heterocycles. The molecule has 112 valence electrons. The van der Waals surface area contributed by atoms with Gasteiger partial charge in [0.15, 0.2) is 0 Å². The van der Waals surface area contributed by atoms with E-state index in [4.69, 9.17) is 0 Å². The van der Waals surface area contributed by atoms with Crippen molar-refractivity contribution in [1.29, 1.82) is 0 Å². The molecule has 2 atom stereocenters. The first kappa shape index (κ1) is 15.3. The van der Waals surface area contributed by atoms with Gasteiger partial charge in [-0.05, 0) is 31.9 Å². The van der Waals surface area contributed by atoms with Gasteiger partial charge < -0.3 is 15.4 Å². The van der Waals surface area contributed by atoms with E-state index in [1.165, 1.54) is 0 Å². The lowest BCUT2D eigenvalue weighted by atomic mass is 9.93. The summed E-state index contributed by atoms with van der Waals surface area (Å²) in [6.07, 6.45) is 1.98. The summed E-state index contributed by atoms with van der Waals surface area (Å²) < 4.78 is 0. The molecule has 1 amide bonds. The van der Waals surface area contributed by atoms with E-state index in [9.17, 15) is 9.90 Å². The topological polar surface area (TPSA) is 65.1 Å². The van der Waals surface area contributed by atoms with Crippen LogP contribution in [-0.4, -0.2) is 28.6 Å². The number of H-pyrrole nitrogens is 1. The Morgan fingerprint density at radius 2 is 2.00 bits per heavy atom. The summed E-state index contributed by atoms with van der Waals surface area (Å²) in [6, 6.07) is 11.7. The fourth-order valence-electron chi connectivity index (χ4n) is 2.48. The molecular formula is C17H22N2O2. The van der Waals surface area contributed by atoms with Gasteiger partial charge in [0.25, 0.3) is 5.91 Å². The molecule has 0 aliphatic carbocycles. The number of rotatable bonds is 6. The molecule has 0 spiro atoms. The lowest BCUT2D eigenvalue weighted by molar-refractivity contribution is 0.0945. The molecule has 2 aromatic rings. The average molecular weight is 286 g/mol. The molecule has 4 heteroatoms. The van der Waals surface area contributed by atoms with E-state index in [0.717, 1.165) is 11.3 Å². The number of aliphatic hydroxyl groups is 1. The van der Waals surface area contributed by atoms with Gasteiger partial charge in [0.1, 0.15) is 0 Å². The fraction of sp³-hybridized carbons (Fsp3) is 0.353. The number of aryl methyl sites for hydroxylation is 1. The van der Waals surface area contributed by atoms with E-state index in [1.54, 1.807) is 19.2 Å². The first-order valence-corrected chi connectivity index (χ1v) is 7.23. The Bertz CT molecular complexity index is 575. The molecule has 0 radical (unpaired) electrons. The maximum atomic E-state index is 12.2. The lowest BCUT2D eigenvalue weighted by Crippen LogP contribution is -2.30. The number of aliphatic hydroxyl groups excluding tert-OH is 1. The predicted octanol–water partition coefficient (Wildman–Crippen LogP) is 2.61. The molecule has 0 aliphatic heterocycles. The minimum Gasteiger partial charge on any atom is -0.393 e. The lowest BCUT2D eigenvalue weighted by Gasteiger charge is -2.19. The Morgan fingerprint density at radius 3 is 2.57 bits per heavy atom. The van der Waals surface area contributed by atoms with Crippen molar-refractivity contribution in [2.75, 3.05) is 6.54 Å². The quantitative estimate of drug-likeness (QED) is 0.764. The summed E-state index contributed by atoms with van der Waals surface area (Å²) in [5, 5.41) is 12.6. The van der Waals surface area contributed by atoms with Crippen molar-refractivity contribution in [3.05, 3.63) is 59.4 Å². The first-order chi connectivity index (χ1) is 10.1. The summed E-state index contributed by atoms with van der Waals surface area (Å²) in [5.41, 5.74) is 2.66. The van der Waals surface area contributed by atoms with Gasteiger partial charge in [0.05, 0.1) is 11.7 Å². The second-order valence-electron chi connectivity index (χ2n) is 5.42. The van der Waals surface area contributed by atoms with Crippen LogP contribution >= 0.6 is 0 Å². The van der Waals surface area contributed by atoms with Crippen LogP contribution in [0.2, 0.25) is 0 Å². The van der Waals surface area contributed by atoms with E-state index in [2.05, 4.69) is 10.3 Å². The van der Waals surface area contributed by atoms with Crippen molar-refractivity contribution in [1.82, 2.24) is 10.3 Å². The van der Waals surface area contributed by atoms with Crippen molar-refractivity contribution < 1.29 is 9.90 Å². The first-order valence-electron chi connectivity index (χ1n) is 7.23. The predicted molar refractivity (Wildman–Crippen MR) is 83.3 cm³/mol. The smallest absolute Gasteiger partial charge is 0.253 e. The molecule has 2 rings (SSSR count). The van der Waals surface area contributed by atoms with Crippen LogP contribution in [0.4, 0.5) is 0 Å². The van der Waals surface area contributed by atoms with E-state index in [1.807, 2.05) is 37.3 Å². The molecule has 1 aromatic carbocycles. The van der Waals surface area contributed by atoms with Gasteiger partial charge in [-0.15, -0.1) is 0 Å². The summed E-state index contributed by atoms with van der Waals surface area (Å²) in [4.78, 5) is 15.2. The molecule has 3 N–H and O–H groups in total. The maximum Gasteiger partial charge on any atom is 0.253 e. The molecule has 0 saturated carbocycles. The Kier molecular flexibility index (Phi) is 5.17. The van der Waals surface area contributed by atoms with Gasteiger partial charge >= 0.3 is 0 Å². The van der Waals surface area contributed by atoms with Crippen LogP contribution in [0.25, 0.3) is 0 Å².